The summed E-state index contributed by atoms with van der Waals surface area (Å²) in [5.74, 6) is 0.548. The molecule has 1 aromatic rings. The van der Waals surface area contributed by atoms with E-state index >= 15 is 0 Å². The zero-order valence-corrected chi connectivity index (χ0v) is 12.8. The average molecular weight is 335 g/mol. The molecule has 3 nitrogen and oxygen atoms in total. The number of nitrogens with one attached hydrogen (secondary N) is 1. The number of benzene rings is 1. The first kappa shape index (κ1) is 15.3. The monoisotopic (exact) mass is 333 g/mol. The molecule has 1 amide bonds. The van der Waals surface area contributed by atoms with E-state index in [9.17, 15) is 4.79 Å². The van der Waals surface area contributed by atoms with E-state index in [1.165, 1.54) is 0 Å². The number of rotatable bonds is 6. The van der Waals surface area contributed by atoms with Gasteiger partial charge in [0.15, 0.2) is 0 Å². The van der Waals surface area contributed by atoms with E-state index in [1.807, 2.05) is 13.8 Å². The number of hydrogen-bond donors (Lipinski definition) is 1. The lowest BCUT2D eigenvalue weighted by Gasteiger charge is -2.14. The summed E-state index contributed by atoms with van der Waals surface area (Å²) in [6.07, 6.45) is 1.63. The summed E-state index contributed by atoms with van der Waals surface area (Å²) in [7, 11) is 0. The standard InChI is InChI=1S/C13H17BrClNO2/c1-3-7-18-12-6-5-9(15)8-11(12)16-13(17)10(14)4-2/h5-6,8,10H,3-4,7H2,1-2H3,(H,16,17). The van der Waals surface area contributed by atoms with Gasteiger partial charge in [0.05, 0.1) is 17.1 Å². The Labute approximate surface area is 121 Å². The van der Waals surface area contributed by atoms with Gasteiger partial charge in [-0.25, -0.2) is 0 Å². The number of halogens is 2. The van der Waals surface area contributed by atoms with Crippen molar-refractivity contribution in [1.29, 1.82) is 0 Å². The second-order valence-corrected chi connectivity index (χ2v) is 5.40. The SMILES string of the molecule is CCCOc1ccc(Cl)cc1NC(=O)C(Br)CC. The molecule has 1 aromatic carbocycles. The van der Waals surface area contributed by atoms with Gasteiger partial charge in [-0.3, -0.25) is 4.79 Å². The third kappa shape index (κ3) is 4.50. The topological polar surface area (TPSA) is 38.3 Å². The van der Waals surface area contributed by atoms with Gasteiger partial charge in [-0.15, -0.1) is 0 Å². The van der Waals surface area contributed by atoms with E-state index in [4.69, 9.17) is 16.3 Å². The van der Waals surface area contributed by atoms with Crippen LogP contribution in [0, 0.1) is 0 Å². The highest BCUT2D eigenvalue weighted by molar-refractivity contribution is 9.10. The molecule has 5 heteroatoms. The van der Waals surface area contributed by atoms with Crippen molar-refractivity contribution < 1.29 is 9.53 Å². The van der Waals surface area contributed by atoms with Crippen molar-refractivity contribution in [3.05, 3.63) is 23.2 Å². The van der Waals surface area contributed by atoms with Crippen molar-refractivity contribution in [2.24, 2.45) is 0 Å². The fraction of sp³-hybridized carbons (Fsp3) is 0.462. The normalized spacial score (nSPS) is 12.0. The van der Waals surface area contributed by atoms with Crippen molar-refractivity contribution in [3.8, 4) is 5.75 Å². The van der Waals surface area contributed by atoms with Crippen molar-refractivity contribution in [2.45, 2.75) is 31.5 Å². The molecule has 0 aliphatic carbocycles. The fourth-order valence-electron chi connectivity index (χ4n) is 1.33. The number of amides is 1. The maximum Gasteiger partial charge on any atom is 0.238 e. The molecule has 1 N–H and O–H groups in total. The second-order valence-electron chi connectivity index (χ2n) is 3.85. The smallest absolute Gasteiger partial charge is 0.238 e. The Hall–Kier alpha value is -0.740. The minimum Gasteiger partial charge on any atom is -0.491 e. The Kier molecular flexibility index (Phi) is 6.50. The Balaban J connectivity index is 2.84. The minimum atomic E-state index is -0.212. The molecule has 0 fully saturated rings. The molecule has 0 heterocycles. The molecule has 0 spiro atoms. The van der Waals surface area contributed by atoms with Crippen molar-refractivity contribution in [1.82, 2.24) is 0 Å². The van der Waals surface area contributed by atoms with Crippen molar-refractivity contribution >= 4 is 39.1 Å². The lowest BCUT2D eigenvalue weighted by Crippen LogP contribution is -2.22. The molecule has 1 unspecified atom stereocenters. The maximum absolute atomic E-state index is 11.8. The zero-order valence-electron chi connectivity index (χ0n) is 10.5. The average Bonchev–Trinajstić information content (AvgIpc) is 2.36. The maximum atomic E-state index is 11.8. The molecule has 100 valence electrons. The van der Waals surface area contributed by atoms with Gasteiger partial charge in [0.1, 0.15) is 5.75 Å². The van der Waals surface area contributed by atoms with E-state index < -0.39 is 0 Å². The van der Waals surface area contributed by atoms with Crippen LogP contribution in [0.3, 0.4) is 0 Å². The third-order valence-electron chi connectivity index (χ3n) is 2.30. The van der Waals surface area contributed by atoms with Gasteiger partial charge in [-0.2, -0.15) is 0 Å². The predicted molar refractivity (Wildman–Crippen MR) is 78.9 cm³/mol. The summed E-state index contributed by atoms with van der Waals surface area (Å²) in [4.78, 5) is 11.6. The Morgan fingerprint density at radius 2 is 2.22 bits per heavy atom. The number of ether oxygens (including phenoxy) is 1. The quantitative estimate of drug-likeness (QED) is 0.790. The molecule has 18 heavy (non-hydrogen) atoms. The second kappa shape index (κ2) is 7.64. The minimum absolute atomic E-state index is 0.0962. The van der Waals surface area contributed by atoms with Crippen LogP contribution < -0.4 is 10.1 Å². The van der Waals surface area contributed by atoms with E-state index in [0.29, 0.717) is 23.1 Å². The highest BCUT2D eigenvalue weighted by atomic mass is 79.9. The van der Waals surface area contributed by atoms with E-state index in [1.54, 1.807) is 18.2 Å². The number of hydrogen-bond acceptors (Lipinski definition) is 2. The summed E-state index contributed by atoms with van der Waals surface area (Å²) in [5, 5.41) is 3.38. The number of carbonyl (C=O) groups is 1. The molecule has 0 bridgehead atoms. The van der Waals surface area contributed by atoms with Crippen LogP contribution in [0.25, 0.3) is 0 Å². The molecule has 0 saturated heterocycles. The van der Waals surface area contributed by atoms with E-state index in [-0.39, 0.29) is 10.7 Å². The molecule has 0 aromatic heterocycles. The van der Waals surface area contributed by atoms with Crippen LogP contribution in [-0.2, 0) is 4.79 Å². The molecule has 0 saturated carbocycles. The first-order chi connectivity index (χ1) is 8.58. The summed E-state index contributed by atoms with van der Waals surface area (Å²) in [6, 6.07) is 5.20. The molecule has 0 aliphatic rings. The number of alkyl halides is 1. The Morgan fingerprint density at radius 1 is 1.50 bits per heavy atom. The van der Waals surface area contributed by atoms with Crippen molar-refractivity contribution in [3.63, 3.8) is 0 Å². The number of carbonyl (C=O) groups excluding carboxylic acids is 1. The van der Waals surface area contributed by atoms with E-state index in [0.717, 1.165) is 12.8 Å². The molecule has 0 radical (unpaired) electrons. The molecular weight excluding hydrogens is 318 g/mol. The van der Waals surface area contributed by atoms with Gasteiger partial charge < -0.3 is 10.1 Å². The lowest BCUT2D eigenvalue weighted by atomic mass is 10.2. The molecule has 1 atom stereocenters. The largest absolute Gasteiger partial charge is 0.491 e. The van der Waals surface area contributed by atoms with Crippen LogP contribution in [0.15, 0.2) is 18.2 Å². The molecule has 1 rings (SSSR count). The first-order valence-corrected chi connectivity index (χ1v) is 7.25. The van der Waals surface area contributed by atoms with E-state index in [2.05, 4.69) is 21.2 Å². The van der Waals surface area contributed by atoms with Crippen LogP contribution in [0.1, 0.15) is 26.7 Å². The summed E-state index contributed by atoms with van der Waals surface area (Å²) in [5.41, 5.74) is 0.610. The van der Waals surface area contributed by atoms with Crippen molar-refractivity contribution in [2.75, 3.05) is 11.9 Å². The Bertz CT molecular complexity index is 412. The van der Waals surface area contributed by atoms with Gasteiger partial charge in [0, 0.05) is 5.02 Å². The van der Waals surface area contributed by atoms with Gasteiger partial charge in [0.2, 0.25) is 5.91 Å². The van der Waals surface area contributed by atoms with Gasteiger partial charge in [-0.1, -0.05) is 41.4 Å². The highest BCUT2D eigenvalue weighted by Crippen LogP contribution is 2.28. The van der Waals surface area contributed by atoms with Gasteiger partial charge >= 0.3 is 0 Å². The van der Waals surface area contributed by atoms with Gasteiger partial charge in [-0.05, 0) is 31.0 Å². The fourth-order valence-corrected chi connectivity index (χ4v) is 1.62. The van der Waals surface area contributed by atoms with Crippen LogP contribution in [-0.4, -0.2) is 17.3 Å². The Morgan fingerprint density at radius 3 is 2.83 bits per heavy atom. The zero-order chi connectivity index (χ0) is 13.5. The van der Waals surface area contributed by atoms with Crippen LogP contribution >= 0.6 is 27.5 Å². The van der Waals surface area contributed by atoms with Crippen LogP contribution in [0.4, 0.5) is 5.69 Å². The predicted octanol–water partition coefficient (Wildman–Crippen LogP) is 4.24. The van der Waals surface area contributed by atoms with Gasteiger partial charge in [0.25, 0.3) is 0 Å². The highest BCUT2D eigenvalue weighted by Gasteiger charge is 2.15. The molecular formula is C13H17BrClNO2. The van der Waals surface area contributed by atoms with Crippen LogP contribution in [0.5, 0.6) is 5.75 Å². The summed E-state index contributed by atoms with van der Waals surface area (Å²) < 4.78 is 5.57. The summed E-state index contributed by atoms with van der Waals surface area (Å²) >= 11 is 9.24. The lowest BCUT2D eigenvalue weighted by molar-refractivity contribution is -0.115. The van der Waals surface area contributed by atoms with Crippen LogP contribution in [0.2, 0.25) is 5.02 Å². The first-order valence-electron chi connectivity index (χ1n) is 5.95. The summed E-state index contributed by atoms with van der Waals surface area (Å²) in [6.45, 7) is 4.57. The number of anilines is 1. The molecule has 0 aliphatic heterocycles. The third-order valence-corrected chi connectivity index (χ3v) is 3.60.